The van der Waals surface area contributed by atoms with Gasteiger partial charge in [0.1, 0.15) is 28.2 Å². The first kappa shape index (κ1) is 42.4. The molecule has 0 amide bonds. The minimum Gasteiger partial charge on any atom is -0.496 e. The molecule has 4 aromatic rings. The number of nitrogens with zero attached hydrogens (tertiary/aromatic N) is 1. The van der Waals surface area contributed by atoms with E-state index in [-0.39, 0.29) is 5.97 Å². The molecule has 4 aromatic carbocycles. The third kappa shape index (κ3) is 6.58. The first-order valence-electron chi connectivity index (χ1n) is 19.1. The van der Waals surface area contributed by atoms with E-state index in [2.05, 4.69) is 134 Å². The van der Waals surface area contributed by atoms with Crippen LogP contribution in [0.4, 0.5) is 5.69 Å². The van der Waals surface area contributed by atoms with E-state index < -0.39 is 16.1 Å². The van der Waals surface area contributed by atoms with Crippen LogP contribution < -0.4 is 23.8 Å². The van der Waals surface area contributed by atoms with Crippen LogP contribution >= 0.6 is 18.5 Å². The lowest BCUT2D eigenvalue weighted by Crippen LogP contribution is -2.62. The molecule has 296 valence electrons. The fraction of sp³-hybridized carbons (Fsp3) is 0.457. The Balaban J connectivity index is 2.14. The topological polar surface area (TPSA) is 66.5 Å². The number of unbranched alkanes of at least 4 members (excludes halogenated alkanes) is 1. The summed E-state index contributed by atoms with van der Waals surface area (Å²) in [5.74, 6) is 3.07. The highest BCUT2D eigenvalue weighted by Crippen LogP contribution is 2.67. The van der Waals surface area contributed by atoms with Gasteiger partial charge in [0.15, 0.2) is 0 Å². The van der Waals surface area contributed by atoms with Gasteiger partial charge in [-0.1, -0.05) is 37.6 Å². The van der Waals surface area contributed by atoms with E-state index in [9.17, 15) is 0 Å². The van der Waals surface area contributed by atoms with Crippen LogP contribution in [0.5, 0.6) is 23.0 Å². The minimum absolute atomic E-state index is 0.266. The van der Waals surface area contributed by atoms with Gasteiger partial charge in [0.2, 0.25) is 0 Å². The number of methoxy groups -OCH3 is 4. The van der Waals surface area contributed by atoms with Gasteiger partial charge in [-0.3, -0.25) is 4.79 Å². The standard InChI is InChI=1S/C46H61NO6P2/c1-14-15-16-53-43(48)45(55)25-47(38-23-33(8)42(52-13)34(9)24-38)44(26-54,35-17-27(2)39(49-10)28(3)18-35)46(45,36-19-29(4)40(50-11)30(5)20-36)37-21-31(6)41(51-12)32(7)22-37/h17-24H,14-16,25-26,54-55H2,1-13H3. The molecule has 4 unspecified atom stereocenters. The summed E-state index contributed by atoms with van der Waals surface area (Å²) in [6.45, 7) is 19.5. The Morgan fingerprint density at radius 3 is 1.29 bits per heavy atom. The Bertz CT molecular complexity index is 1940. The normalized spacial score (nSPS) is 19.0. The average molecular weight is 786 g/mol. The summed E-state index contributed by atoms with van der Waals surface area (Å²) in [6, 6.07) is 17.8. The van der Waals surface area contributed by atoms with Crippen LogP contribution in [-0.4, -0.2) is 58.9 Å². The SMILES string of the molecule is CCCCOC(=O)C1(P)CN(c2cc(C)c(OC)c(C)c2)C(CP)(c2cc(C)c(OC)c(C)c2)C1(c1cc(C)c(OC)c(C)c1)c1cc(C)c(OC)c(C)c1. The summed E-state index contributed by atoms with van der Waals surface area (Å²) in [5, 5.41) is -1.22. The number of benzene rings is 4. The molecule has 7 nitrogen and oxygen atoms in total. The highest BCUT2D eigenvalue weighted by atomic mass is 31.0. The van der Waals surface area contributed by atoms with Crippen molar-refractivity contribution in [2.75, 3.05) is 52.7 Å². The molecule has 0 spiro atoms. The quantitative estimate of drug-likeness (QED) is 0.0760. The molecule has 55 heavy (non-hydrogen) atoms. The van der Waals surface area contributed by atoms with E-state index in [1.54, 1.807) is 28.4 Å². The second-order valence-corrected chi connectivity index (χ2v) is 16.8. The molecule has 1 aliphatic heterocycles. The fourth-order valence-corrected chi connectivity index (χ4v) is 11.4. The smallest absolute Gasteiger partial charge is 0.319 e. The van der Waals surface area contributed by atoms with E-state index >= 15 is 4.79 Å². The Hall–Kier alpha value is -3.79. The molecule has 0 radical (unpaired) electrons. The van der Waals surface area contributed by atoms with Crippen molar-refractivity contribution in [2.24, 2.45) is 0 Å². The highest BCUT2D eigenvalue weighted by Gasteiger charge is 2.74. The van der Waals surface area contributed by atoms with Gasteiger partial charge in [-0.25, -0.2) is 0 Å². The number of anilines is 1. The first-order chi connectivity index (χ1) is 26.1. The molecule has 0 N–H and O–H groups in total. The van der Waals surface area contributed by atoms with Gasteiger partial charge in [-0.05, 0) is 153 Å². The molecule has 1 fully saturated rings. The van der Waals surface area contributed by atoms with E-state index in [0.29, 0.717) is 19.3 Å². The summed E-state index contributed by atoms with van der Waals surface area (Å²) >= 11 is 0. The summed E-state index contributed by atoms with van der Waals surface area (Å²) in [5.41, 5.74) is 10.0. The highest BCUT2D eigenvalue weighted by molar-refractivity contribution is 7.21. The number of rotatable bonds is 13. The zero-order valence-electron chi connectivity index (χ0n) is 35.2. The lowest BCUT2D eigenvalue weighted by molar-refractivity contribution is -0.148. The average Bonchev–Trinajstić information content (AvgIpc) is 3.38. The maximum absolute atomic E-state index is 15.5. The van der Waals surface area contributed by atoms with Gasteiger partial charge in [-0.15, -0.1) is 18.5 Å². The minimum atomic E-state index is -1.22. The molecular weight excluding hydrogens is 724 g/mol. The summed E-state index contributed by atoms with van der Waals surface area (Å²) in [6.07, 6.45) is 2.23. The number of hydrogen-bond donors (Lipinski definition) is 0. The maximum atomic E-state index is 15.5. The Morgan fingerprint density at radius 1 is 0.618 bits per heavy atom. The lowest BCUT2D eigenvalue weighted by atomic mass is 9.54. The molecule has 4 atom stereocenters. The maximum Gasteiger partial charge on any atom is 0.319 e. The van der Waals surface area contributed by atoms with E-state index in [1.807, 2.05) is 0 Å². The third-order valence-corrected chi connectivity index (χ3v) is 13.3. The molecular formula is C46H61NO6P2. The molecule has 0 saturated carbocycles. The van der Waals surface area contributed by atoms with Crippen molar-refractivity contribution in [3.8, 4) is 23.0 Å². The molecule has 1 saturated heterocycles. The van der Waals surface area contributed by atoms with Crippen LogP contribution in [0.2, 0.25) is 0 Å². The molecule has 1 heterocycles. The molecule has 5 rings (SSSR count). The second kappa shape index (κ2) is 16.4. The van der Waals surface area contributed by atoms with Crippen molar-refractivity contribution < 1.29 is 28.5 Å². The molecule has 0 aromatic heterocycles. The van der Waals surface area contributed by atoms with Crippen molar-refractivity contribution in [1.82, 2.24) is 0 Å². The largest absolute Gasteiger partial charge is 0.496 e. The molecule has 0 aliphatic carbocycles. The van der Waals surface area contributed by atoms with E-state index in [4.69, 9.17) is 23.7 Å². The van der Waals surface area contributed by atoms with Gasteiger partial charge < -0.3 is 28.6 Å². The third-order valence-electron chi connectivity index (χ3n) is 11.8. The van der Waals surface area contributed by atoms with Crippen LogP contribution in [0.3, 0.4) is 0 Å². The van der Waals surface area contributed by atoms with Gasteiger partial charge in [0, 0.05) is 12.2 Å². The number of hydrogen-bond acceptors (Lipinski definition) is 7. The van der Waals surface area contributed by atoms with Gasteiger partial charge in [-0.2, -0.15) is 0 Å². The van der Waals surface area contributed by atoms with Gasteiger partial charge in [0.25, 0.3) is 0 Å². The van der Waals surface area contributed by atoms with Crippen molar-refractivity contribution >= 4 is 30.1 Å². The van der Waals surface area contributed by atoms with Crippen LogP contribution in [0.15, 0.2) is 48.5 Å². The predicted molar refractivity (Wildman–Crippen MR) is 233 cm³/mol. The van der Waals surface area contributed by atoms with Crippen LogP contribution in [-0.2, 0) is 20.5 Å². The zero-order chi connectivity index (χ0) is 40.6. The second-order valence-electron chi connectivity index (χ2n) is 15.4. The zero-order valence-corrected chi connectivity index (χ0v) is 37.5. The Kier molecular flexibility index (Phi) is 12.6. The van der Waals surface area contributed by atoms with Gasteiger partial charge in [0.05, 0.1) is 46.0 Å². The monoisotopic (exact) mass is 785 g/mol. The first-order valence-corrected chi connectivity index (χ1v) is 20.5. The van der Waals surface area contributed by atoms with E-state index in [0.717, 1.165) is 103 Å². The molecule has 9 heteroatoms. The van der Waals surface area contributed by atoms with Crippen molar-refractivity contribution in [2.45, 2.75) is 91.3 Å². The van der Waals surface area contributed by atoms with Crippen LogP contribution in [0, 0.1) is 55.4 Å². The fourth-order valence-electron chi connectivity index (χ4n) is 9.85. The molecule has 1 aliphatic rings. The van der Waals surface area contributed by atoms with Crippen LogP contribution in [0.25, 0.3) is 0 Å². The Labute approximate surface area is 334 Å². The number of aryl methyl sites for hydroxylation is 8. The van der Waals surface area contributed by atoms with Gasteiger partial charge >= 0.3 is 5.97 Å². The van der Waals surface area contributed by atoms with Crippen molar-refractivity contribution in [1.29, 1.82) is 0 Å². The lowest BCUT2D eigenvalue weighted by Gasteiger charge is -2.54. The summed E-state index contributed by atoms with van der Waals surface area (Å²) in [4.78, 5) is 18.0. The van der Waals surface area contributed by atoms with Crippen LogP contribution in [0.1, 0.15) is 81.0 Å². The predicted octanol–water partition coefficient (Wildman–Crippen LogP) is 9.72. The van der Waals surface area contributed by atoms with Crippen molar-refractivity contribution in [3.63, 3.8) is 0 Å². The number of carbonyl (C=O) groups excluding carboxylic acids is 1. The Morgan fingerprint density at radius 2 is 0.964 bits per heavy atom. The number of esters is 1. The number of ether oxygens (including phenoxy) is 5. The van der Waals surface area contributed by atoms with E-state index in [1.165, 1.54) is 0 Å². The summed E-state index contributed by atoms with van der Waals surface area (Å²) < 4.78 is 30.2. The number of carbonyl (C=O) groups is 1. The van der Waals surface area contributed by atoms with Crippen molar-refractivity contribution in [3.05, 3.63) is 110 Å². The molecule has 0 bridgehead atoms. The summed E-state index contributed by atoms with van der Waals surface area (Å²) in [7, 11) is 13.1.